The minimum atomic E-state index is 0.731. The molecular formula is C16H29N3O. The summed E-state index contributed by atoms with van der Waals surface area (Å²) in [6.45, 7) is 9.71. The van der Waals surface area contributed by atoms with Crippen LogP contribution in [-0.4, -0.2) is 49.6 Å². The van der Waals surface area contributed by atoms with Crippen LogP contribution in [0.2, 0.25) is 0 Å². The van der Waals surface area contributed by atoms with E-state index in [1.54, 1.807) is 0 Å². The molecule has 1 unspecified atom stereocenters. The van der Waals surface area contributed by atoms with Crippen molar-refractivity contribution in [2.75, 3.05) is 33.7 Å². The molecule has 2 heterocycles. The summed E-state index contributed by atoms with van der Waals surface area (Å²) in [5.41, 5.74) is 1.32. The van der Waals surface area contributed by atoms with E-state index in [0.717, 1.165) is 37.2 Å². The van der Waals surface area contributed by atoms with E-state index in [1.807, 2.05) is 7.05 Å². The Morgan fingerprint density at radius 3 is 3.00 bits per heavy atom. The van der Waals surface area contributed by atoms with E-state index in [-0.39, 0.29) is 0 Å². The minimum absolute atomic E-state index is 0.731. The standard InChI is InChI=1S/C16H29N3O/c1-5-19-8-6-7-15(19)12-18(4)11-14-9-16(10-17-3)20-13(14)2/h9,15,17H,5-8,10-12H2,1-4H3. The van der Waals surface area contributed by atoms with Gasteiger partial charge in [-0.2, -0.15) is 0 Å². The number of furan rings is 1. The molecule has 1 aliphatic heterocycles. The summed E-state index contributed by atoms with van der Waals surface area (Å²) in [5.74, 6) is 2.09. The molecule has 1 aromatic rings. The predicted octanol–water partition coefficient (Wildman–Crippen LogP) is 2.22. The molecule has 0 bridgehead atoms. The second-order valence-electron chi connectivity index (χ2n) is 5.95. The first kappa shape index (κ1) is 15.5. The second kappa shape index (κ2) is 7.25. The second-order valence-corrected chi connectivity index (χ2v) is 5.95. The van der Waals surface area contributed by atoms with Crippen LogP contribution in [0.3, 0.4) is 0 Å². The summed E-state index contributed by atoms with van der Waals surface area (Å²) in [7, 11) is 4.17. The Morgan fingerprint density at radius 1 is 1.50 bits per heavy atom. The van der Waals surface area contributed by atoms with Gasteiger partial charge in [0, 0.05) is 24.7 Å². The number of nitrogens with one attached hydrogen (secondary N) is 1. The number of nitrogens with zero attached hydrogens (tertiary/aromatic N) is 2. The topological polar surface area (TPSA) is 31.6 Å². The lowest BCUT2D eigenvalue weighted by Crippen LogP contribution is -2.38. The number of likely N-dealkylation sites (N-methyl/N-ethyl adjacent to an activating group) is 2. The van der Waals surface area contributed by atoms with Gasteiger partial charge in [-0.05, 0) is 53.0 Å². The summed E-state index contributed by atoms with van der Waals surface area (Å²) in [6, 6.07) is 2.92. The van der Waals surface area contributed by atoms with Gasteiger partial charge in [-0.15, -0.1) is 0 Å². The molecule has 20 heavy (non-hydrogen) atoms. The maximum Gasteiger partial charge on any atom is 0.118 e. The lowest BCUT2D eigenvalue weighted by molar-refractivity contribution is 0.194. The molecule has 2 rings (SSSR count). The predicted molar refractivity (Wildman–Crippen MR) is 82.8 cm³/mol. The van der Waals surface area contributed by atoms with Gasteiger partial charge in [0.2, 0.25) is 0 Å². The van der Waals surface area contributed by atoms with Crippen molar-refractivity contribution in [2.24, 2.45) is 0 Å². The molecule has 0 saturated carbocycles. The third-order valence-corrected chi connectivity index (χ3v) is 4.29. The molecule has 114 valence electrons. The van der Waals surface area contributed by atoms with Crippen LogP contribution in [0, 0.1) is 6.92 Å². The summed E-state index contributed by atoms with van der Waals surface area (Å²) in [4.78, 5) is 5.03. The maximum atomic E-state index is 5.77. The van der Waals surface area contributed by atoms with Crippen molar-refractivity contribution in [3.63, 3.8) is 0 Å². The van der Waals surface area contributed by atoms with Crippen LogP contribution in [0.1, 0.15) is 36.8 Å². The molecule has 0 spiro atoms. The molecule has 0 aliphatic carbocycles. The average Bonchev–Trinajstić information content (AvgIpc) is 2.97. The van der Waals surface area contributed by atoms with E-state index in [0.29, 0.717) is 0 Å². The van der Waals surface area contributed by atoms with E-state index in [2.05, 4.69) is 42.1 Å². The van der Waals surface area contributed by atoms with Gasteiger partial charge in [0.05, 0.1) is 6.54 Å². The highest BCUT2D eigenvalue weighted by Gasteiger charge is 2.24. The van der Waals surface area contributed by atoms with Crippen molar-refractivity contribution in [1.29, 1.82) is 0 Å². The van der Waals surface area contributed by atoms with Crippen molar-refractivity contribution in [3.05, 3.63) is 23.2 Å². The monoisotopic (exact) mass is 279 g/mol. The zero-order valence-corrected chi connectivity index (χ0v) is 13.4. The maximum absolute atomic E-state index is 5.77. The fourth-order valence-electron chi connectivity index (χ4n) is 3.24. The zero-order chi connectivity index (χ0) is 14.5. The van der Waals surface area contributed by atoms with Gasteiger partial charge in [-0.1, -0.05) is 6.92 Å². The van der Waals surface area contributed by atoms with Crippen molar-refractivity contribution in [2.45, 2.75) is 45.8 Å². The Balaban J connectivity index is 1.89. The molecule has 0 radical (unpaired) electrons. The van der Waals surface area contributed by atoms with Crippen LogP contribution in [0.15, 0.2) is 10.5 Å². The van der Waals surface area contributed by atoms with Gasteiger partial charge >= 0.3 is 0 Å². The Morgan fingerprint density at radius 2 is 2.30 bits per heavy atom. The van der Waals surface area contributed by atoms with E-state index >= 15 is 0 Å². The largest absolute Gasteiger partial charge is 0.465 e. The Bertz CT molecular complexity index is 416. The Labute approximate surface area is 123 Å². The van der Waals surface area contributed by atoms with Crippen LogP contribution in [-0.2, 0) is 13.1 Å². The molecule has 0 aromatic carbocycles. The summed E-state index contributed by atoms with van der Waals surface area (Å²) in [5, 5.41) is 3.14. The summed E-state index contributed by atoms with van der Waals surface area (Å²) >= 11 is 0. The number of likely N-dealkylation sites (tertiary alicyclic amines) is 1. The lowest BCUT2D eigenvalue weighted by Gasteiger charge is -2.27. The molecule has 1 atom stereocenters. The summed E-state index contributed by atoms with van der Waals surface area (Å²) in [6.07, 6.45) is 2.69. The third kappa shape index (κ3) is 3.84. The van der Waals surface area contributed by atoms with Gasteiger partial charge in [0.25, 0.3) is 0 Å². The molecule has 1 fully saturated rings. The Kier molecular flexibility index (Phi) is 5.64. The average molecular weight is 279 g/mol. The number of aryl methyl sites for hydroxylation is 1. The van der Waals surface area contributed by atoms with Gasteiger partial charge in [-0.25, -0.2) is 0 Å². The first-order valence-electron chi connectivity index (χ1n) is 7.79. The van der Waals surface area contributed by atoms with Crippen LogP contribution in [0.5, 0.6) is 0 Å². The van der Waals surface area contributed by atoms with Gasteiger partial charge in [0.15, 0.2) is 0 Å². The van der Waals surface area contributed by atoms with E-state index in [4.69, 9.17) is 4.42 Å². The van der Waals surface area contributed by atoms with Crippen LogP contribution in [0.4, 0.5) is 0 Å². The van der Waals surface area contributed by atoms with Gasteiger partial charge in [0.1, 0.15) is 11.5 Å². The fraction of sp³-hybridized carbons (Fsp3) is 0.750. The Hall–Kier alpha value is -0.840. The van der Waals surface area contributed by atoms with Crippen molar-refractivity contribution in [1.82, 2.24) is 15.1 Å². The third-order valence-electron chi connectivity index (χ3n) is 4.29. The number of rotatable bonds is 7. The molecule has 4 heteroatoms. The first-order valence-corrected chi connectivity index (χ1v) is 7.79. The van der Waals surface area contributed by atoms with Crippen molar-refractivity contribution < 1.29 is 4.42 Å². The molecule has 1 aliphatic rings. The normalized spacial score (nSPS) is 20.1. The molecule has 1 aromatic heterocycles. The van der Waals surface area contributed by atoms with E-state index < -0.39 is 0 Å². The molecule has 1 saturated heterocycles. The minimum Gasteiger partial charge on any atom is -0.465 e. The zero-order valence-electron chi connectivity index (χ0n) is 13.4. The summed E-state index contributed by atoms with van der Waals surface area (Å²) < 4.78 is 5.77. The van der Waals surface area contributed by atoms with Crippen LogP contribution >= 0.6 is 0 Å². The lowest BCUT2D eigenvalue weighted by atomic mass is 10.2. The highest BCUT2D eigenvalue weighted by Crippen LogP contribution is 2.20. The SMILES string of the molecule is CCN1CCCC1CN(C)Cc1cc(CNC)oc1C. The van der Waals surface area contributed by atoms with Crippen molar-refractivity contribution in [3.8, 4) is 0 Å². The molecule has 4 nitrogen and oxygen atoms in total. The van der Waals surface area contributed by atoms with Gasteiger partial charge in [-0.3, -0.25) is 4.90 Å². The highest BCUT2D eigenvalue weighted by atomic mass is 16.3. The van der Waals surface area contributed by atoms with Crippen LogP contribution in [0.25, 0.3) is 0 Å². The fourth-order valence-corrected chi connectivity index (χ4v) is 3.24. The van der Waals surface area contributed by atoms with Crippen molar-refractivity contribution >= 4 is 0 Å². The quantitative estimate of drug-likeness (QED) is 0.829. The molecular weight excluding hydrogens is 250 g/mol. The van der Waals surface area contributed by atoms with Gasteiger partial charge < -0.3 is 14.6 Å². The van der Waals surface area contributed by atoms with E-state index in [1.165, 1.54) is 31.5 Å². The first-order chi connectivity index (χ1) is 9.63. The molecule has 0 amide bonds. The smallest absolute Gasteiger partial charge is 0.118 e. The molecule has 1 N–H and O–H groups in total. The van der Waals surface area contributed by atoms with Crippen LogP contribution < -0.4 is 5.32 Å². The van der Waals surface area contributed by atoms with E-state index in [9.17, 15) is 0 Å². The number of hydrogen-bond donors (Lipinski definition) is 1. The number of hydrogen-bond acceptors (Lipinski definition) is 4. The highest BCUT2D eigenvalue weighted by molar-refractivity contribution is 5.20.